The number of imide groups is 1. The van der Waals surface area contributed by atoms with Crippen molar-refractivity contribution in [2.45, 2.75) is 95.7 Å². The molecule has 3 N–H and O–H groups in total. The summed E-state index contributed by atoms with van der Waals surface area (Å²) in [4.78, 5) is 80.9. The van der Waals surface area contributed by atoms with E-state index in [1.165, 1.54) is 13.5 Å². The van der Waals surface area contributed by atoms with Gasteiger partial charge in [-0.1, -0.05) is 17.7 Å². The highest BCUT2D eigenvalue weighted by atomic mass is 35.5. The van der Waals surface area contributed by atoms with Gasteiger partial charge in [0.1, 0.15) is 11.1 Å². The number of aromatic nitrogens is 3. The molecule has 2 aromatic heterocycles. The van der Waals surface area contributed by atoms with Gasteiger partial charge in [-0.25, -0.2) is 4.98 Å². The Labute approximate surface area is 381 Å². The number of carbonyl (C=O) groups excluding carboxylic acids is 4. The van der Waals surface area contributed by atoms with Crippen molar-refractivity contribution in [2.24, 2.45) is 5.41 Å². The van der Waals surface area contributed by atoms with Crippen LogP contribution in [0.2, 0.25) is 5.02 Å². The molecule has 1 saturated carbocycles. The van der Waals surface area contributed by atoms with Gasteiger partial charge < -0.3 is 39.4 Å². The molecule has 4 saturated heterocycles. The molecule has 10 rings (SSSR count). The first-order valence-corrected chi connectivity index (χ1v) is 23.2. The zero-order valence-corrected chi connectivity index (χ0v) is 37.7. The molecule has 1 atom stereocenters. The largest absolute Gasteiger partial charge is 0.478 e. The van der Waals surface area contributed by atoms with Crippen molar-refractivity contribution < 1.29 is 28.7 Å². The summed E-state index contributed by atoms with van der Waals surface area (Å²) in [5.74, 6) is 0.0405. The van der Waals surface area contributed by atoms with Gasteiger partial charge in [-0.2, -0.15) is 4.98 Å². The summed E-state index contributed by atoms with van der Waals surface area (Å²) >= 11 is 6.61. The molecule has 342 valence electrons. The smallest absolute Gasteiger partial charge is 0.293 e. The number of hydrogen-bond acceptors (Lipinski definition) is 13. The average Bonchev–Trinajstić information content (AvgIpc) is 3.85. The second-order valence-electron chi connectivity index (χ2n) is 18.9. The van der Waals surface area contributed by atoms with Crippen LogP contribution in [-0.4, -0.2) is 125 Å². The van der Waals surface area contributed by atoms with Gasteiger partial charge in [0.25, 0.3) is 17.4 Å². The Morgan fingerprint density at radius 3 is 2.52 bits per heavy atom. The Hall–Kier alpha value is -5.78. The van der Waals surface area contributed by atoms with Crippen LogP contribution in [-0.2, 0) is 25.7 Å². The highest BCUT2D eigenvalue weighted by Crippen LogP contribution is 2.45. The molecule has 5 aliphatic heterocycles. The van der Waals surface area contributed by atoms with Crippen molar-refractivity contribution in [3.05, 3.63) is 75.2 Å². The first kappa shape index (κ1) is 43.1. The fraction of sp³-hybridized carbons (Fsp3) is 0.511. The van der Waals surface area contributed by atoms with Crippen LogP contribution in [0.3, 0.4) is 0 Å². The van der Waals surface area contributed by atoms with E-state index in [1.807, 2.05) is 44.2 Å². The zero-order chi connectivity index (χ0) is 45.1. The van der Waals surface area contributed by atoms with Crippen LogP contribution in [0.25, 0.3) is 10.9 Å². The third-order valence-corrected chi connectivity index (χ3v) is 14.5. The summed E-state index contributed by atoms with van der Waals surface area (Å²) in [6, 6.07) is 13.2. The molecule has 4 amide bonds. The monoisotopic (exact) mass is 906 g/mol. The molecule has 65 heavy (non-hydrogen) atoms. The molecule has 1 aliphatic carbocycles. The Balaban J connectivity index is 0.686. The number of hydrogen-bond donors (Lipinski definition) is 3. The first-order valence-electron chi connectivity index (χ1n) is 22.8. The van der Waals surface area contributed by atoms with Gasteiger partial charge >= 0.3 is 0 Å². The van der Waals surface area contributed by atoms with Gasteiger partial charge in [-0.3, -0.25) is 34.2 Å². The van der Waals surface area contributed by atoms with Crippen LogP contribution in [0.15, 0.2) is 53.5 Å². The number of nitrogens with zero attached hydrogens (tertiary/aromatic N) is 7. The van der Waals surface area contributed by atoms with Crippen molar-refractivity contribution >= 4 is 69.3 Å². The summed E-state index contributed by atoms with van der Waals surface area (Å²) in [6.07, 6.45) is 7.74. The minimum Gasteiger partial charge on any atom is -0.478 e. The highest BCUT2D eigenvalue weighted by molar-refractivity contribution is 6.33. The number of carbonyl (C=O) groups is 4. The number of benzene rings is 2. The number of nitrogens with one attached hydrogen (secondary N) is 3. The lowest BCUT2D eigenvalue weighted by Crippen LogP contribution is -2.59. The maximum absolute atomic E-state index is 13.4. The topological polar surface area (TPSA) is 184 Å². The quantitative estimate of drug-likeness (QED) is 0.171. The fourth-order valence-corrected chi connectivity index (χ4v) is 10.7. The third kappa shape index (κ3) is 8.38. The van der Waals surface area contributed by atoms with E-state index in [0.29, 0.717) is 41.4 Å². The lowest BCUT2D eigenvalue weighted by molar-refractivity contribution is -0.137. The predicted molar refractivity (Wildman–Crippen MR) is 245 cm³/mol. The van der Waals surface area contributed by atoms with Crippen LogP contribution < -0.4 is 36.0 Å². The molecule has 1 spiro atoms. The number of ether oxygens (including phenoxy) is 2. The Morgan fingerprint density at radius 2 is 1.77 bits per heavy atom. The molecule has 5 fully saturated rings. The zero-order valence-electron chi connectivity index (χ0n) is 37.0. The number of fused-ring (bicyclic) bond motifs is 2. The Kier molecular flexibility index (Phi) is 11.4. The minimum absolute atomic E-state index is 0.0963. The SMILES string of the molecule is CNC(=O)COc1cc2cc(Nc3nc(N4CCC(OC5CC(N6CCC7(CN(c8ccc9c(c8)C(=O)N(C8CCC(=O)NC8=O)C9)C7)C6)C5)CC4)ncc3Cl)ccc2n(C(C)C)c1=O. The van der Waals surface area contributed by atoms with Gasteiger partial charge in [-0.15, -0.1) is 0 Å². The molecule has 7 heterocycles. The van der Waals surface area contributed by atoms with Crippen molar-refractivity contribution in [3.8, 4) is 5.75 Å². The first-order chi connectivity index (χ1) is 31.3. The maximum Gasteiger partial charge on any atom is 0.293 e. The molecular weight excluding hydrogens is 852 g/mol. The third-order valence-electron chi connectivity index (χ3n) is 14.2. The van der Waals surface area contributed by atoms with Crippen LogP contribution in [0.5, 0.6) is 5.75 Å². The number of amides is 4. The molecule has 1 unspecified atom stereocenters. The molecule has 4 aromatic rings. The number of piperidine rings is 2. The molecular formula is C47H55ClN10O7. The molecule has 6 aliphatic rings. The van der Waals surface area contributed by atoms with Crippen LogP contribution >= 0.6 is 11.6 Å². The van der Waals surface area contributed by atoms with Gasteiger partial charge in [0.15, 0.2) is 18.2 Å². The van der Waals surface area contributed by atoms with E-state index in [2.05, 4.69) is 41.7 Å². The van der Waals surface area contributed by atoms with Crippen LogP contribution in [0.1, 0.15) is 80.8 Å². The lowest BCUT2D eigenvalue weighted by atomic mass is 9.78. The number of pyridine rings is 1. The predicted octanol–water partition coefficient (Wildman–Crippen LogP) is 4.38. The fourth-order valence-electron chi connectivity index (χ4n) is 10.6. The van der Waals surface area contributed by atoms with Crippen molar-refractivity contribution in [1.82, 2.24) is 35.0 Å². The minimum atomic E-state index is -0.603. The van der Waals surface area contributed by atoms with Gasteiger partial charge in [0.2, 0.25) is 17.8 Å². The molecule has 0 bridgehead atoms. The normalized spacial score (nSPS) is 23.2. The van der Waals surface area contributed by atoms with E-state index in [1.54, 1.807) is 21.7 Å². The van der Waals surface area contributed by atoms with Crippen molar-refractivity contribution in [1.29, 1.82) is 0 Å². The standard InChI is InChI=1S/C47H55ClN10O7/c1-27(2)58-37-7-5-30(16-29(37)17-39(45(58)63)64-23-41(60)49-3)51-42-36(48)21-50-46(53-42)54-13-10-33(11-14-54)65-34-18-32(19-34)55-15-12-47(24-55)25-56(26-47)31-6-4-28-22-57(44(62)35(28)20-31)38-8-9-40(59)52-43(38)61/h4-7,16-17,20-21,27,32-34,38H,8-15,18-19,22-26H2,1-3H3,(H,49,60)(H,50,51,53)(H,52,59,61). The van der Waals surface area contributed by atoms with E-state index in [0.717, 1.165) is 92.8 Å². The van der Waals surface area contributed by atoms with E-state index in [-0.39, 0.29) is 71.6 Å². The van der Waals surface area contributed by atoms with Gasteiger partial charge in [0.05, 0.1) is 23.9 Å². The van der Waals surface area contributed by atoms with Crippen LogP contribution in [0.4, 0.5) is 23.1 Å². The molecule has 2 aromatic carbocycles. The summed E-state index contributed by atoms with van der Waals surface area (Å²) in [5, 5.41) is 9.37. The van der Waals surface area contributed by atoms with E-state index >= 15 is 0 Å². The Morgan fingerprint density at radius 1 is 0.969 bits per heavy atom. The average molecular weight is 907 g/mol. The lowest BCUT2D eigenvalue weighted by Gasteiger charge is -2.50. The van der Waals surface area contributed by atoms with E-state index in [9.17, 15) is 24.0 Å². The molecule has 17 nitrogen and oxygen atoms in total. The number of rotatable bonds is 12. The molecule has 18 heteroatoms. The molecule has 0 radical (unpaired) electrons. The number of anilines is 4. The number of likely N-dealkylation sites (tertiary alicyclic amines) is 1. The summed E-state index contributed by atoms with van der Waals surface area (Å²) in [7, 11) is 1.52. The van der Waals surface area contributed by atoms with E-state index < -0.39 is 6.04 Å². The van der Waals surface area contributed by atoms with Crippen molar-refractivity contribution in [2.75, 3.05) is 68.0 Å². The van der Waals surface area contributed by atoms with Crippen LogP contribution in [0, 0.1) is 5.41 Å². The number of halogens is 1. The summed E-state index contributed by atoms with van der Waals surface area (Å²) in [5.41, 5.74) is 4.07. The second kappa shape index (κ2) is 17.2. The summed E-state index contributed by atoms with van der Waals surface area (Å²) < 4.78 is 13.9. The Bertz CT molecular complexity index is 2620. The highest BCUT2D eigenvalue weighted by Gasteiger charge is 2.51. The summed E-state index contributed by atoms with van der Waals surface area (Å²) in [6.45, 7) is 9.65. The second-order valence-corrected chi connectivity index (χ2v) is 19.3. The number of likely N-dealkylation sites (N-methyl/N-ethyl adjacent to an activating group) is 1. The van der Waals surface area contributed by atoms with Gasteiger partial charge in [-0.05, 0) is 101 Å². The van der Waals surface area contributed by atoms with Crippen molar-refractivity contribution in [3.63, 3.8) is 0 Å². The van der Waals surface area contributed by atoms with Gasteiger partial charge in [0, 0.05) is 92.6 Å². The van der Waals surface area contributed by atoms with E-state index in [4.69, 9.17) is 26.1 Å². The maximum atomic E-state index is 13.4.